The maximum absolute atomic E-state index is 14.1. The van der Waals surface area contributed by atoms with Crippen LogP contribution in [0.1, 0.15) is 49.8 Å². The first kappa shape index (κ1) is 21.9. The Bertz CT molecular complexity index is 1040. The molecule has 6 nitrogen and oxygen atoms in total. The first-order chi connectivity index (χ1) is 14.7. The third kappa shape index (κ3) is 4.35. The summed E-state index contributed by atoms with van der Waals surface area (Å²) in [6, 6.07) is 3.81. The largest absolute Gasteiger partial charge is 0.338 e. The van der Waals surface area contributed by atoms with E-state index in [1.54, 1.807) is 17.8 Å². The molecule has 1 aliphatic carbocycles. The van der Waals surface area contributed by atoms with E-state index in [-0.39, 0.29) is 42.2 Å². The normalized spacial score (nSPS) is 31.5. The van der Waals surface area contributed by atoms with E-state index in [2.05, 4.69) is 22.5 Å². The average molecular weight is 433 g/mol. The van der Waals surface area contributed by atoms with Gasteiger partial charge in [0.25, 0.3) is 5.56 Å². The lowest BCUT2D eigenvalue weighted by molar-refractivity contribution is -0.128. The predicted octanol–water partition coefficient (Wildman–Crippen LogP) is 2.87. The molecule has 2 aliphatic rings. The fourth-order valence-corrected chi connectivity index (χ4v) is 5.01. The highest BCUT2D eigenvalue weighted by Gasteiger charge is 2.37. The number of fused-ring (bicyclic) bond motifs is 1. The average Bonchev–Trinajstić information content (AvgIpc) is 2.73. The van der Waals surface area contributed by atoms with Gasteiger partial charge in [-0.2, -0.15) is 0 Å². The monoisotopic (exact) mass is 432 g/mol. The summed E-state index contributed by atoms with van der Waals surface area (Å²) in [4.78, 5) is 30.4. The Kier molecular flexibility index (Phi) is 6.10. The summed E-state index contributed by atoms with van der Waals surface area (Å²) < 4.78 is 29.1. The molecule has 1 aliphatic heterocycles. The topological polar surface area (TPSA) is 76.0 Å². The Balaban J connectivity index is 1.55. The van der Waals surface area contributed by atoms with Gasteiger partial charge in [-0.05, 0) is 50.2 Å². The van der Waals surface area contributed by atoms with Gasteiger partial charge in [-0.15, -0.1) is 0 Å². The van der Waals surface area contributed by atoms with Crippen LogP contribution in [0.4, 0.5) is 8.78 Å². The Morgan fingerprint density at radius 3 is 2.77 bits per heavy atom. The molecule has 1 amide bonds. The molecule has 0 spiro atoms. The van der Waals surface area contributed by atoms with Gasteiger partial charge in [0, 0.05) is 48.8 Å². The lowest BCUT2D eigenvalue weighted by Crippen LogP contribution is -2.58. The minimum Gasteiger partial charge on any atom is -0.338 e. The number of pyridine rings is 2. The van der Waals surface area contributed by atoms with Crippen molar-refractivity contribution in [3.63, 3.8) is 0 Å². The van der Waals surface area contributed by atoms with E-state index in [1.807, 2.05) is 19.1 Å². The number of nitrogens with zero attached hydrogens (tertiary/aromatic N) is 2. The smallest absolute Gasteiger partial charge is 0.254 e. The molecule has 2 aromatic rings. The number of nitrogens with one attached hydrogen (secondary N) is 2. The van der Waals surface area contributed by atoms with E-state index in [0.29, 0.717) is 18.4 Å². The standard InChI is InChI=1S/C23H30F2N4O2/c1-12-4-5-14(22(30)28-21-19(25)9-16(24)11-27-21)7-17(12)18-8-15-10-26-13(2)6-20(15)29(3)23(18)31/h6,8,10,12,14,16-17,19,21,27H,4-5,7,9,11H2,1-3H3,(H,28,30). The fraction of sp³-hybridized carbons (Fsp3) is 0.609. The highest BCUT2D eigenvalue weighted by molar-refractivity contribution is 5.80. The van der Waals surface area contributed by atoms with Crippen LogP contribution in [0.5, 0.6) is 0 Å². The molecule has 1 saturated carbocycles. The van der Waals surface area contributed by atoms with Gasteiger partial charge in [-0.25, -0.2) is 8.78 Å². The molecule has 2 fully saturated rings. The first-order valence-corrected chi connectivity index (χ1v) is 11.0. The van der Waals surface area contributed by atoms with Gasteiger partial charge in [0.1, 0.15) is 18.5 Å². The maximum atomic E-state index is 14.1. The molecule has 31 heavy (non-hydrogen) atoms. The maximum Gasteiger partial charge on any atom is 0.254 e. The summed E-state index contributed by atoms with van der Waals surface area (Å²) >= 11 is 0. The molecule has 168 valence electrons. The number of carbonyl (C=O) groups is 1. The number of hydrogen-bond donors (Lipinski definition) is 2. The first-order valence-electron chi connectivity index (χ1n) is 11.0. The zero-order chi connectivity index (χ0) is 22.3. The second-order valence-corrected chi connectivity index (χ2v) is 9.19. The molecule has 0 bridgehead atoms. The molecule has 1 saturated heterocycles. The third-order valence-electron chi connectivity index (χ3n) is 6.94. The van der Waals surface area contributed by atoms with Gasteiger partial charge in [0.05, 0.1) is 5.52 Å². The van der Waals surface area contributed by atoms with Crippen LogP contribution in [-0.2, 0) is 11.8 Å². The Labute approximate surface area is 180 Å². The SMILES string of the molecule is Cc1cc2c(cn1)cc(C1CC(C(=O)NC3NCC(F)CC3F)CCC1C)c(=O)n2C. The van der Waals surface area contributed by atoms with Crippen LogP contribution in [0.3, 0.4) is 0 Å². The van der Waals surface area contributed by atoms with Crippen LogP contribution >= 0.6 is 0 Å². The molecular weight excluding hydrogens is 402 g/mol. The minimum absolute atomic E-state index is 0.0380. The van der Waals surface area contributed by atoms with E-state index < -0.39 is 18.5 Å². The van der Waals surface area contributed by atoms with Gasteiger partial charge in [-0.3, -0.25) is 19.9 Å². The molecule has 6 unspecified atom stereocenters. The number of rotatable bonds is 3. The van der Waals surface area contributed by atoms with Gasteiger partial charge in [-0.1, -0.05) is 6.92 Å². The molecule has 0 radical (unpaired) electrons. The Morgan fingerprint density at radius 2 is 2.03 bits per heavy atom. The summed E-state index contributed by atoms with van der Waals surface area (Å²) in [5.41, 5.74) is 2.33. The molecule has 4 rings (SSSR count). The lowest BCUT2D eigenvalue weighted by Gasteiger charge is -2.36. The summed E-state index contributed by atoms with van der Waals surface area (Å²) in [5, 5.41) is 6.36. The van der Waals surface area contributed by atoms with Crippen molar-refractivity contribution in [1.29, 1.82) is 0 Å². The highest BCUT2D eigenvalue weighted by Crippen LogP contribution is 2.40. The van der Waals surface area contributed by atoms with Gasteiger partial charge in [0.2, 0.25) is 5.91 Å². The number of piperidine rings is 1. The van der Waals surface area contributed by atoms with Crippen molar-refractivity contribution in [1.82, 2.24) is 20.2 Å². The van der Waals surface area contributed by atoms with Crippen molar-refractivity contribution in [2.45, 2.75) is 64.0 Å². The van der Waals surface area contributed by atoms with Crippen LogP contribution in [0, 0.1) is 18.8 Å². The molecule has 0 aromatic carbocycles. The number of aromatic nitrogens is 2. The zero-order valence-electron chi connectivity index (χ0n) is 18.2. The molecule has 2 aromatic heterocycles. The molecule has 8 heteroatoms. The number of alkyl halides is 2. The summed E-state index contributed by atoms with van der Waals surface area (Å²) in [5.74, 6) is -0.356. The number of halogens is 2. The quantitative estimate of drug-likeness (QED) is 0.782. The molecule has 3 heterocycles. The van der Waals surface area contributed by atoms with Crippen molar-refractivity contribution in [3.8, 4) is 0 Å². The van der Waals surface area contributed by atoms with E-state index in [4.69, 9.17) is 0 Å². The van der Waals surface area contributed by atoms with Crippen molar-refractivity contribution < 1.29 is 13.6 Å². The Morgan fingerprint density at radius 1 is 1.26 bits per heavy atom. The van der Waals surface area contributed by atoms with Crippen molar-refractivity contribution in [3.05, 3.63) is 39.9 Å². The highest BCUT2D eigenvalue weighted by atomic mass is 19.1. The zero-order valence-corrected chi connectivity index (χ0v) is 18.2. The van der Waals surface area contributed by atoms with E-state index in [0.717, 1.165) is 23.0 Å². The molecular formula is C23H30F2N4O2. The summed E-state index contributed by atoms with van der Waals surface area (Å²) in [6.45, 7) is 4.04. The van der Waals surface area contributed by atoms with Crippen LogP contribution in [0.2, 0.25) is 0 Å². The van der Waals surface area contributed by atoms with Gasteiger partial charge in [0.15, 0.2) is 0 Å². The van der Waals surface area contributed by atoms with E-state index in [9.17, 15) is 18.4 Å². The van der Waals surface area contributed by atoms with Crippen LogP contribution in [-0.4, -0.2) is 40.5 Å². The second kappa shape index (κ2) is 8.65. The van der Waals surface area contributed by atoms with E-state index >= 15 is 0 Å². The fourth-order valence-electron chi connectivity index (χ4n) is 5.01. The van der Waals surface area contributed by atoms with E-state index in [1.165, 1.54) is 0 Å². The molecule has 2 N–H and O–H groups in total. The van der Waals surface area contributed by atoms with Gasteiger partial charge >= 0.3 is 0 Å². The Hall–Kier alpha value is -2.35. The molecule has 6 atom stereocenters. The van der Waals surface area contributed by atoms with Crippen molar-refractivity contribution in [2.75, 3.05) is 6.54 Å². The number of amides is 1. The second-order valence-electron chi connectivity index (χ2n) is 9.19. The van der Waals surface area contributed by atoms with Crippen LogP contribution in [0.25, 0.3) is 10.9 Å². The minimum atomic E-state index is -1.45. The van der Waals surface area contributed by atoms with Crippen molar-refractivity contribution in [2.24, 2.45) is 18.9 Å². The number of carbonyl (C=O) groups excluding carboxylic acids is 1. The third-order valence-corrected chi connectivity index (χ3v) is 6.94. The summed E-state index contributed by atoms with van der Waals surface area (Å²) in [7, 11) is 1.76. The van der Waals surface area contributed by atoms with Crippen molar-refractivity contribution >= 4 is 16.8 Å². The summed E-state index contributed by atoms with van der Waals surface area (Å²) in [6.07, 6.45) is 0.0542. The lowest BCUT2D eigenvalue weighted by atomic mass is 9.71. The van der Waals surface area contributed by atoms with Gasteiger partial charge < -0.3 is 9.88 Å². The predicted molar refractivity (Wildman–Crippen MR) is 115 cm³/mol. The van der Waals surface area contributed by atoms with Crippen LogP contribution < -0.4 is 16.2 Å². The number of hydrogen-bond acceptors (Lipinski definition) is 4. The van der Waals surface area contributed by atoms with Crippen LogP contribution in [0.15, 0.2) is 23.1 Å². The number of aryl methyl sites for hydroxylation is 2.